The van der Waals surface area contributed by atoms with E-state index in [9.17, 15) is 9.59 Å². The van der Waals surface area contributed by atoms with Gasteiger partial charge in [0.1, 0.15) is 5.75 Å². The third-order valence-electron chi connectivity index (χ3n) is 3.69. The normalized spacial score (nSPS) is 11.5. The average molecular weight is 326 g/mol. The van der Waals surface area contributed by atoms with Crippen LogP contribution in [-0.2, 0) is 4.79 Å². The summed E-state index contributed by atoms with van der Waals surface area (Å²) in [5.41, 5.74) is 8.24. The van der Waals surface area contributed by atoms with E-state index in [2.05, 4.69) is 10.9 Å². The molecule has 0 saturated heterocycles. The Balaban J connectivity index is 1.92. The summed E-state index contributed by atoms with van der Waals surface area (Å²) in [6, 6.07) is 12.9. The van der Waals surface area contributed by atoms with E-state index < -0.39 is 12.0 Å². The molecule has 0 heterocycles. The maximum atomic E-state index is 12.1. The smallest absolute Gasteiger partial charge is 0.279 e. The molecule has 24 heavy (non-hydrogen) atoms. The lowest BCUT2D eigenvalue weighted by molar-refractivity contribution is -0.128. The van der Waals surface area contributed by atoms with Crippen LogP contribution in [0.1, 0.15) is 34.0 Å². The van der Waals surface area contributed by atoms with Gasteiger partial charge in [0.05, 0.1) is 0 Å². The highest BCUT2D eigenvalue weighted by molar-refractivity contribution is 5.95. The van der Waals surface area contributed by atoms with Gasteiger partial charge in [-0.25, -0.2) is 0 Å². The van der Waals surface area contributed by atoms with E-state index in [4.69, 9.17) is 4.74 Å². The van der Waals surface area contributed by atoms with E-state index in [1.165, 1.54) is 0 Å². The summed E-state index contributed by atoms with van der Waals surface area (Å²) in [5, 5.41) is 0. The van der Waals surface area contributed by atoms with Crippen LogP contribution < -0.4 is 15.6 Å². The van der Waals surface area contributed by atoms with Crippen molar-refractivity contribution in [3.8, 4) is 5.75 Å². The molecule has 0 radical (unpaired) electrons. The molecule has 0 aliphatic carbocycles. The molecule has 2 aromatic carbocycles. The molecule has 0 spiro atoms. The molecule has 0 aromatic heterocycles. The Labute approximate surface area is 142 Å². The van der Waals surface area contributed by atoms with Gasteiger partial charge in [-0.3, -0.25) is 20.4 Å². The van der Waals surface area contributed by atoms with Gasteiger partial charge in [0, 0.05) is 5.56 Å². The molecular formula is C19H22N2O3. The number of carbonyl (C=O) groups excluding carboxylic acids is 2. The molecule has 126 valence electrons. The average Bonchev–Trinajstić information content (AvgIpc) is 2.56. The number of hydrogen-bond donors (Lipinski definition) is 2. The third-order valence-corrected chi connectivity index (χ3v) is 3.69. The first-order valence-corrected chi connectivity index (χ1v) is 7.78. The highest BCUT2D eigenvalue weighted by Gasteiger charge is 2.17. The molecule has 2 amide bonds. The summed E-state index contributed by atoms with van der Waals surface area (Å²) >= 11 is 0. The van der Waals surface area contributed by atoms with Crippen LogP contribution in [-0.4, -0.2) is 17.9 Å². The lowest BCUT2D eigenvalue weighted by Gasteiger charge is -2.18. The summed E-state index contributed by atoms with van der Waals surface area (Å²) in [4.78, 5) is 24.1. The molecule has 0 aliphatic rings. The largest absolute Gasteiger partial charge is 0.480 e. The fourth-order valence-corrected chi connectivity index (χ4v) is 2.21. The molecule has 0 aliphatic heterocycles. The number of amides is 2. The summed E-state index contributed by atoms with van der Waals surface area (Å²) in [6.45, 7) is 7.42. The predicted molar refractivity (Wildman–Crippen MR) is 92.8 cm³/mol. The van der Waals surface area contributed by atoms with Crippen LogP contribution in [0.5, 0.6) is 5.75 Å². The van der Waals surface area contributed by atoms with Crippen LogP contribution in [0.15, 0.2) is 42.5 Å². The molecular weight excluding hydrogens is 304 g/mol. The van der Waals surface area contributed by atoms with Crippen LogP contribution in [0, 0.1) is 20.8 Å². The number of hydrogen-bond acceptors (Lipinski definition) is 3. The minimum absolute atomic E-state index is 0.373. The fraction of sp³-hybridized carbons (Fsp3) is 0.263. The highest BCUT2D eigenvalue weighted by atomic mass is 16.5. The van der Waals surface area contributed by atoms with Crippen molar-refractivity contribution in [2.24, 2.45) is 0 Å². The number of aryl methyl sites for hydroxylation is 3. The van der Waals surface area contributed by atoms with Crippen LogP contribution in [0.25, 0.3) is 0 Å². The first kappa shape index (κ1) is 17.5. The van der Waals surface area contributed by atoms with Crippen molar-refractivity contribution in [3.05, 3.63) is 64.7 Å². The van der Waals surface area contributed by atoms with Crippen molar-refractivity contribution in [2.45, 2.75) is 33.8 Å². The Kier molecular flexibility index (Phi) is 5.58. The zero-order valence-electron chi connectivity index (χ0n) is 14.3. The van der Waals surface area contributed by atoms with Gasteiger partial charge >= 0.3 is 0 Å². The molecule has 0 bridgehead atoms. The Morgan fingerprint density at radius 3 is 2.08 bits per heavy atom. The van der Waals surface area contributed by atoms with E-state index in [0.717, 1.165) is 16.7 Å². The Morgan fingerprint density at radius 2 is 1.50 bits per heavy atom. The second-order valence-electron chi connectivity index (χ2n) is 5.79. The number of rotatable bonds is 4. The van der Waals surface area contributed by atoms with E-state index in [0.29, 0.717) is 11.3 Å². The topological polar surface area (TPSA) is 67.4 Å². The molecule has 0 fully saturated rings. The molecule has 2 aromatic rings. The highest BCUT2D eigenvalue weighted by Crippen LogP contribution is 2.23. The van der Waals surface area contributed by atoms with E-state index in [1.807, 2.05) is 51.1 Å². The number of para-hydroxylation sites is 1. The fourth-order valence-electron chi connectivity index (χ4n) is 2.21. The Bertz CT molecular complexity index is 719. The summed E-state index contributed by atoms with van der Waals surface area (Å²) in [7, 11) is 0. The molecule has 5 nitrogen and oxygen atoms in total. The van der Waals surface area contributed by atoms with Gasteiger partial charge in [-0.1, -0.05) is 35.9 Å². The zero-order valence-corrected chi connectivity index (χ0v) is 14.3. The second kappa shape index (κ2) is 7.64. The number of ether oxygens (including phenoxy) is 1. The van der Waals surface area contributed by atoms with Gasteiger partial charge in [-0.05, 0) is 51.0 Å². The number of carbonyl (C=O) groups is 2. The van der Waals surface area contributed by atoms with E-state index in [1.54, 1.807) is 19.1 Å². The monoisotopic (exact) mass is 326 g/mol. The van der Waals surface area contributed by atoms with Crippen molar-refractivity contribution in [2.75, 3.05) is 0 Å². The summed E-state index contributed by atoms with van der Waals surface area (Å²) in [6.07, 6.45) is -0.733. The van der Waals surface area contributed by atoms with Gasteiger partial charge < -0.3 is 4.74 Å². The van der Waals surface area contributed by atoms with Gasteiger partial charge in [-0.15, -0.1) is 0 Å². The van der Waals surface area contributed by atoms with Crippen LogP contribution in [0.4, 0.5) is 0 Å². The van der Waals surface area contributed by atoms with Crippen molar-refractivity contribution < 1.29 is 14.3 Å². The first-order chi connectivity index (χ1) is 11.4. The summed E-state index contributed by atoms with van der Waals surface area (Å²) in [5.74, 6) is -0.106. The van der Waals surface area contributed by atoms with Crippen molar-refractivity contribution in [1.82, 2.24) is 10.9 Å². The molecule has 5 heteroatoms. The van der Waals surface area contributed by atoms with Gasteiger partial charge in [0.2, 0.25) is 0 Å². The van der Waals surface area contributed by atoms with Gasteiger partial charge in [0.15, 0.2) is 6.10 Å². The van der Waals surface area contributed by atoms with Crippen LogP contribution >= 0.6 is 0 Å². The second-order valence-corrected chi connectivity index (χ2v) is 5.79. The number of hydrazine groups is 1. The summed E-state index contributed by atoms with van der Waals surface area (Å²) < 4.78 is 5.73. The van der Waals surface area contributed by atoms with E-state index >= 15 is 0 Å². The number of nitrogens with one attached hydrogen (secondary N) is 2. The first-order valence-electron chi connectivity index (χ1n) is 7.78. The molecule has 1 atom stereocenters. The van der Waals surface area contributed by atoms with Gasteiger partial charge in [0.25, 0.3) is 11.8 Å². The molecule has 2 rings (SSSR count). The van der Waals surface area contributed by atoms with Crippen molar-refractivity contribution >= 4 is 11.8 Å². The van der Waals surface area contributed by atoms with Crippen LogP contribution in [0.3, 0.4) is 0 Å². The zero-order chi connectivity index (χ0) is 17.7. The van der Waals surface area contributed by atoms with Gasteiger partial charge in [-0.2, -0.15) is 0 Å². The third kappa shape index (κ3) is 4.35. The minimum atomic E-state index is -0.733. The Hall–Kier alpha value is -2.82. The lowest BCUT2D eigenvalue weighted by Crippen LogP contribution is -2.47. The van der Waals surface area contributed by atoms with Crippen molar-refractivity contribution in [3.63, 3.8) is 0 Å². The molecule has 1 unspecified atom stereocenters. The lowest BCUT2D eigenvalue weighted by atomic mass is 10.1. The maximum absolute atomic E-state index is 12.1. The quantitative estimate of drug-likeness (QED) is 0.849. The Morgan fingerprint density at radius 1 is 0.917 bits per heavy atom. The number of benzene rings is 2. The maximum Gasteiger partial charge on any atom is 0.279 e. The SMILES string of the molecule is Cc1ccc(C(=O)NNC(=O)C(C)Oc2c(C)cccc2C)cc1. The molecule has 2 N–H and O–H groups in total. The molecule has 0 saturated carbocycles. The standard InChI is InChI=1S/C19H22N2O3/c1-12-8-10-16(11-9-12)19(23)21-20-18(22)15(4)24-17-13(2)6-5-7-14(17)3/h5-11,15H,1-4H3,(H,20,22)(H,21,23). The van der Waals surface area contributed by atoms with Crippen molar-refractivity contribution in [1.29, 1.82) is 0 Å². The minimum Gasteiger partial charge on any atom is -0.480 e. The predicted octanol–water partition coefficient (Wildman–Crippen LogP) is 2.84. The van der Waals surface area contributed by atoms with E-state index in [-0.39, 0.29) is 5.91 Å². The van der Waals surface area contributed by atoms with Crippen LogP contribution in [0.2, 0.25) is 0 Å².